The highest BCUT2D eigenvalue weighted by molar-refractivity contribution is 7.86. The summed E-state index contributed by atoms with van der Waals surface area (Å²) in [4.78, 5) is -0.0111. The first-order valence-corrected chi connectivity index (χ1v) is 22.4. The van der Waals surface area contributed by atoms with E-state index in [0.29, 0.717) is 24.0 Å². The molecule has 0 aliphatic heterocycles. The number of benzene rings is 7. The minimum absolute atomic E-state index is 0.0111. The molecule has 0 bridgehead atoms. The molecule has 60 heavy (non-hydrogen) atoms. The largest absolute Gasteiger partial charge is 0.295 e. The lowest BCUT2D eigenvalue weighted by molar-refractivity contribution is 0.481. The van der Waals surface area contributed by atoms with E-state index in [4.69, 9.17) is 0 Å². The van der Waals surface area contributed by atoms with Crippen molar-refractivity contribution in [2.24, 2.45) is 0 Å². The number of hydrogen-bond acceptors (Lipinski definition) is 2. The summed E-state index contributed by atoms with van der Waals surface area (Å²) < 4.78 is 40.0. The normalized spacial score (nSPS) is 11.9. The van der Waals surface area contributed by atoms with Crippen molar-refractivity contribution >= 4 is 10.1 Å². The molecule has 0 unspecified atom stereocenters. The van der Waals surface area contributed by atoms with E-state index in [9.17, 15) is 13.0 Å². The summed E-state index contributed by atoms with van der Waals surface area (Å²) in [5.41, 5.74) is 21.9. The standard InChI is InChI=1S/C56H58O3S/c1-34-18-12-19-35(2)51(34)45-26-16-27-46(52-36(3)20-13-21-37(52)4)49(45)32-42-30-44(56(9,10)11)31-43(55(42)60(57,58)59)33-50-47(53-38(5)22-14-23-39(53)6)28-17-29-48(50)54-40(7)24-15-25-41(54)8/h12-31H,32-33H2,1-11H3,(H,57,58,59). The summed E-state index contributed by atoms with van der Waals surface area (Å²) in [6.07, 6.45) is 0.586. The van der Waals surface area contributed by atoms with Crippen molar-refractivity contribution in [3.8, 4) is 44.5 Å². The van der Waals surface area contributed by atoms with Crippen molar-refractivity contribution in [1.29, 1.82) is 0 Å². The van der Waals surface area contributed by atoms with Gasteiger partial charge in [0.25, 0.3) is 10.1 Å². The first kappa shape index (κ1) is 42.6. The SMILES string of the molecule is Cc1cccc(C)c1-c1cccc(-c2c(C)cccc2C)c1Cc1cc(C(C)(C)C)cc(Cc2c(-c3c(C)cccc3C)cccc2-c2c(C)cccc2C)c1S(=O)(=O)O. The quantitative estimate of drug-likeness (QED) is 0.148. The maximum Gasteiger partial charge on any atom is 0.295 e. The molecule has 7 aromatic rings. The molecular weight excluding hydrogens is 753 g/mol. The average molecular weight is 811 g/mol. The molecule has 306 valence electrons. The molecule has 4 heteroatoms. The topological polar surface area (TPSA) is 54.4 Å². The Morgan fingerprint density at radius 1 is 0.417 bits per heavy atom. The lowest BCUT2D eigenvalue weighted by Crippen LogP contribution is -2.17. The Balaban J connectivity index is 1.58. The van der Waals surface area contributed by atoms with E-state index >= 15 is 0 Å². The third-order valence-corrected chi connectivity index (χ3v) is 13.5. The van der Waals surface area contributed by atoms with Crippen LogP contribution in [0.15, 0.2) is 126 Å². The summed E-state index contributed by atoms with van der Waals surface area (Å²) in [5.74, 6) is 0. The molecular formula is C56H58O3S. The van der Waals surface area contributed by atoms with Crippen molar-refractivity contribution in [3.63, 3.8) is 0 Å². The van der Waals surface area contributed by atoms with Crippen LogP contribution in [0.25, 0.3) is 44.5 Å². The molecule has 0 heterocycles. The molecule has 0 spiro atoms. The van der Waals surface area contributed by atoms with Crippen molar-refractivity contribution in [3.05, 3.63) is 194 Å². The molecule has 7 aromatic carbocycles. The predicted molar refractivity (Wildman–Crippen MR) is 253 cm³/mol. The molecule has 7 rings (SSSR count). The highest BCUT2D eigenvalue weighted by Gasteiger charge is 2.29. The Kier molecular flexibility index (Phi) is 11.7. The van der Waals surface area contributed by atoms with E-state index in [1.54, 1.807) is 0 Å². The van der Waals surface area contributed by atoms with Gasteiger partial charge in [-0.25, -0.2) is 0 Å². The highest BCUT2D eigenvalue weighted by Crippen LogP contribution is 2.44. The Bertz CT molecular complexity index is 2510. The lowest BCUT2D eigenvalue weighted by Gasteiger charge is -2.26. The van der Waals surface area contributed by atoms with Crippen LogP contribution >= 0.6 is 0 Å². The molecule has 0 saturated heterocycles. The van der Waals surface area contributed by atoms with Crippen LogP contribution in [-0.4, -0.2) is 13.0 Å². The first-order valence-electron chi connectivity index (χ1n) is 21.0. The Labute approximate surface area is 359 Å². The van der Waals surface area contributed by atoms with Crippen molar-refractivity contribution in [2.45, 2.75) is 99.3 Å². The van der Waals surface area contributed by atoms with E-state index in [-0.39, 0.29) is 10.3 Å². The molecule has 0 saturated carbocycles. The third kappa shape index (κ3) is 8.16. The molecule has 0 aliphatic rings. The summed E-state index contributed by atoms with van der Waals surface area (Å²) in [5, 5.41) is 0. The van der Waals surface area contributed by atoms with Crippen LogP contribution < -0.4 is 0 Å². The minimum atomic E-state index is -4.74. The second-order valence-electron chi connectivity index (χ2n) is 17.9. The average Bonchev–Trinajstić information content (AvgIpc) is 3.15. The van der Waals surface area contributed by atoms with Crippen LogP contribution in [0.3, 0.4) is 0 Å². The Morgan fingerprint density at radius 3 is 0.867 bits per heavy atom. The number of hydrogen-bond donors (Lipinski definition) is 1. The lowest BCUT2D eigenvalue weighted by atomic mass is 9.79. The van der Waals surface area contributed by atoms with Crippen LogP contribution in [0, 0.1) is 55.4 Å². The maximum atomic E-state index is 14.2. The van der Waals surface area contributed by atoms with Gasteiger partial charge in [0.15, 0.2) is 0 Å². The van der Waals surface area contributed by atoms with Crippen LogP contribution in [0.1, 0.15) is 93.1 Å². The van der Waals surface area contributed by atoms with Gasteiger partial charge in [-0.05, 0) is 178 Å². The van der Waals surface area contributed by atoms with Crippen LogP contribution in [0.5, 0.6) is 0 Å². The molecule has 0 aromatic heterocycles. The van der Waals surface area contributed by atoms with E-state index < -0.39 is 10.1 Å². The molecule has 0 fully saturated rings. The monoisotopic (exact) mass is 810 g/mol. The second kappa shape index (κ2) is 16.5. The zero-order valence-corrected chi connectivity index (χ0v) is 37.9. The highest BCUT2D eigenvalue weighted by atomic mass is 32.2. The fourth-order valence-electron chi connectivity index (χ4n) is 9.61. The van der Waals surface area contributed by atoms with Gasteiger partial charge in [0, 0.05) is 12.8 Å². The Morgan fingerprint density at radius 2 is 0.650 bits per heavy atom. The maximum absolute atomic E-state index is 14.2. The molecule has 0 atom stereocenters. The fourth-order valence-corrected chi connectivity index (χ4v) is 10.5. The van der Waals surface area contributed by atoms with Crippen LogP contribution in [-0.2, 0) is 28.4 Å². The zero-order valence-electron chi connectivity index (χ0n) is 37.1. The minimum Gasteiger partial charge on any atom is -0.282 e. The molecule has 0 radical (unpaired) electrons. The van der Waals surface area contributed by atoms with Gasteiger partial charge in [-0.15, -0.1) is 0 Å². The smallest absolute Gasteiger partial charge is 0.282 e. The van der Waals surface area contributed by atoms with Gasteiger partial charge in [0.2, 0.25) is 0 Å². The Hall–Kier alpha value is -5.55. The van der Waals surface area contributed by atoms with Crippen LogP contribution in [0.4, 0.5) is 0 Å². The molecule has 0 amide bonds. The third-order valence-electron chi connectivity index (χ3n) is 12.5. The summed E-state index contributed by atoms with van der Waals surface area (Å²) in [7, 11) is -4.74. The van der Waals surface area contributed by atoms with Crippen molar-refractivity contribution in [2.75, 3.05) is 0 Å². The van der Waals surface area contributed by atoms with Gasteiger partial charge < -0.3 is 0 Å². The van der Waals surface area contributed by atoms with E-state index in [2.05, 4.69) is 185 Å². The van der Waals surface area contributed by atoms with E-state index in [1.165, 1.54) is 0 Å². The van der Waals surface area contributed by atoms with Gasteiger partial charge in [0.05, 0.1) is 0 Å². The predicted octanol–water partition coefficient (Wildman–Crippen LogP) is 14.5. The van der Waals surface area contributed by atoms with Gasteiger partial charge in [-0.3, -0.25) is 4.55 Å². The van der Waals surface area contributed by atoms with Crippen molar-refractivity contribution < 1.29 is 13.0 Å². The molecule has 1 N–H and O–H groups in total. The molecule has 3 nitrogen and oxygen atoms in total. The summed E-state index contributed by atoms with van der Waals surface area (Å²) >= 11 is 0. The summed E-state index contributed by atoms with van der Waals surface area (Å²) in [6, 6.07) is 42.4. The van der Waals surface area contributed by atoms with Crippen molar-refractivity contribution in [1.82, 2.24) is 0 Å². The van der Waals surface area contributed by atoms with Gasteiger partial charge in [-0.1, -0.05) is 142 Å². The second-order valence-corrected chi connectivity index (χ2v) is 19.3. The first-order chi connectivity index (χ1) is 28.4. The zero-order chi connectivity index (χ0) is 43.3. The van der Waals surface area contributed by atoms with Crippen LogP contribution in [0.2, 0.25) is 0 Å². The number of aryl methyl sites for hydroxylation is 8. The van der Waals surface area contributed by atoms with E-state index in [0.717, 1.165) is 106 Å². The number of rotatable bonds is 9. The summed E-state index contributed by atoms with van der Waals surface area (Å²) in [6.45, 7) is 23.6. The van der Waals surface area contributed by atoms with E-state index in [1.807, 2.05) is 12.1 Å². The molecule has 0 aliphatic carbocycles. The van der Waals surface area contributed by atoms with Gasteiger partial charge >= 0.3 is 0 Å². The fraction of sp³-hybridized carbons (Fsp3) is 0.250. The van der Waals surface area contributed by atoms with Gasteiger partial charge in [0.1, 0.15) is 4.90 Å². The van der Waals surface area contributed by atoms with Gasteiger partial charge in [-0.2, -0.15) is 8.42 Å².